The predicted molar refractivity (Wildman–Crippen MR) is 115 cm³/mol. The van der Waals surface area contributed by atoms with Gasteiger partial charge in [-0.1, -0.05) is 41.0 Å². The van der Waals surface area contributed by atoms with Gasteiger partial charge >= 0.3 is 0 Å². The van der Waals surface area contributed by atoms with Gasteiger partial charge in [0.1, 0.15) is 5.03 Å². The first-order valence-electron chi connectivity index (χ1n) is 8.60. The zero-order valence-electron chi connectivity index (χ0n) is 15.6. The lowest BCUT2D eigenvalue weighted by Crippen LogP contribution is -1.97. The van der Waals surface area contributed by atoms with Crippen LogP contribution in [0, 0.1) is 0 Å². The number of hydrogen-bond donors (Lipinski definition) is 0. The third-order valence-corrected chi connectivity index (χ3v) is 5.98. The van der Waals surface area contributed by atoms with E-state index in [4.69, 9.17) is 32.7 Å². The maximum absolute atomic E-state index is 6.10. The van der Waals surface area contributed by atoms with Gasteiger partial charge in [-0.2, -0.15) is 9.61 Å². The highest BCUT2D eigenvalue weighted by atomic mass is 35.5. The number of fused-ring (bicyclic) bond motifs is 1. The quantitative estimate of drug-likeness (QED) is 0.369. The van der Waals surface area contributed by atoms with Crippen LogP contribution in [0.15, 0.2) is 53.6 Å². The summed E-state index contributed by atoms with van der Waals surface area (Å²) in [5, 5.41) is 15.1. The highest BCUT2D eigenvalue weighted by molar-refractivity contribution is 7.98. The number of rotatable bonds is 6. The van der Waals surface area contributed by atoms with Crippen LogP contribution in [-0.4, -0.2) is 34.0 Å². The van der Waals surface area contributed by atoms with Crippen LogP contribution in [0.5, 0.6) is 11.5 Å². The average molecular weight is 447 g/mol. The van der Waals surface area contributed by atoms with Crippen molar-refractivity contribution >= 4 is 40.6 Å². The number of halogens is 2. The van der Waals surface area contributed by atoms with Gasteiger partial charge in [-0.3, -0.25) is 0 Å². The summed E-state index contributed by atoms with van der Waals surface area (Å²) in [4.78, 5) is 0. The predicted octanol–water partition coefficient (Wildman–Crippen LogP) is 5.41. The zero-order chi connectivity index (χ0) is 20.4. The van der Waals surface area contributed by atoms with E-state index in [-0.39, 0.29) is 0 Å². The van der Waals surface area contributed by atoms with Crippen LogP contribution in [-0.2, 0) is 5.75 Å². The minimum Gasteiger partial charge on any atom is -0.493 e. The maximum atomic E-state index is 6.10. The molecule has 0 radical (unpaired) electrons. The molecule has 0 amide bonds. The van der Waals surface area contributed by atoms with Gasteiger partial charge in [-0.15, -0.1) is 10.2 Å². The molecule has 2 aromatic carbocycles. The molecule has 0 aliphatic carbocycles. The van der Waals surface area contributed by atoms with Crippen LogP contribution < -0.4 is 9.47 Å². The van der Waals surface area contributed by atoms with E-state index in [1.807, 2.05) is 42.5 Å². The largest absolute Gasteiger partial charge is 0.493 e. The minimum atomic E-state index is 0.544. The first-order valence-corrected chi connectivity index (χ1v) is 10.3. The van der Waals surface area contributed by atoms with Crippen molar-refractivity contribution < 1.29 is 9.47 Å². The van der Waals surface area contributed by atoms with Gasteiger partial charge in [0.05, 0.1) is 24.3 Å². The van der Waals surface area contributed by atoms with Crippen molar-refractivity contribution in [2.75, 3.05) is 14.2 Å². The first-order chi connectivity index (χ1) is 14.1. The summed E-state index contributed by atoms with van der Waals surface area (Å²) in [7, 11) is 3.20. The topological polar surface area (TPSA) is 61.5 Å². The van der Waals surface area contributed by atoms with E-state index >= 15 is 0 Å². The Morgan fingerprint density at radius 1 is 0.897 bits per heavy atom. The smallest absolute Gasteiger partial charge is 0.185 e. The Morgan fingerprint density at radius 2 is 1.72 bits per heavy atom. The Labute approximate surface area is 181 Å². The molecule has 0 aliphatic heterocycles. The van der Waals surface area contributed by atoms with E-state index in [0.29, 0.717) is 38.8 Å². The number of methoxy groups -OCH3 is 2. The molecule has 2 aromatic heterocycles. The highest BCUT2D eigenvalue weighted by Gasteiger charge is 2.13. The number of thioether (sulfide) groups is 1. The minimum absolute atomic E-state index is 0.544. The fraction of sp³-hybridized carbons (Fsp3) is 0.150. The zero-order valence-corrected chi connectivity index (χ0v) is 17.9. The molecule has 0 saturated carbocycles. The number of benzene rings is 2. The van der Waals surface area contributed by atoms with E-state index < -0.39 is 0 Å². The fourth-order valence-electron chi connectivity index (χ4n) is 2.79. The van der Waals surface area contributed by atoms with Gasteiger partial charge in [-0.25, -0.2) is 0 Å². The maximum Gasteiger partial charge on any atom is 0.185 e. The molecule has 0 bridgehead atoms. The van der Waals surface area contributed by atoms with Crippen LogP contribution in [0.4, 0.5) is 0 Å². The molecular weight excluding hydrogens is 431 g/mol. The summed E-state index contributed by atoms with van der Waals surface area (Å²) in [6.45, 7) is 0. The van der Waals surface area contributed by atoms with Crippen LogP contribution in [0.25, 0.3) is 17.0 Å². The molecule has 29 heavy (non-hydrogen) atoms. The summed E-state index contributed by atoms with van der Waals surface area (Å²) >= 11 is 13.7. The van der Waals surface area contributed by atoms with Gasteiger partial charge in [-0.05, 0) is 48.0 Å². The molecule has 9 heteroatoms. The van der Waals surface area contributed by atoms with Crippen molar-refractivity contribution in [1.29, 1.82) is 0 Å². The molecule has 4 rings (SSSR count). The van der Waals surface area contributed by atoms with Gasteiger partial charge < -0.3 is 9.47 Å². The fourth-order valence-corrected chi connectivity index (χ4v) is 3.91. The summed E-state index contributed by atoms with van der Waals surface area (Å²) in [6, 6.07) is 15.0. The second-order valence-electron chi connectivity index (χ2n) is 6.07. The molecule has 0 atom stereocenters. The number of nitrogens with zero attached hydrogens (tertiary/aromatic N) is 4. The summed E-state index contributed by atoms with van der Waals surface area (Å²) in [5.41, 5.74) is 2.55. The van der Waals surface area contributed by atoms with Crippen molar-refractivity contribution in [3.63, 3.8) is 0 Å². The van der Waals surface area contributed by atoms with E-state index in [1.54, 1.807) is 36.6 Å². The molecule has 148 valence electrons. The SMILES string of the molecule is COc1ccc(-c2nnc3ccc(SCc4ccc(Cl)c(Cl)c4)nn23)cc1OC. The Balaban J connectivity index is 1.63. The molecule has 0 N–H and O–H groups in total. The normalized spacial score (nSPS) is 11.0. The second kappa shape index (κ2) is 8.49. The van der Waals surface area contributed by atoms with E-state index in [1.165, 1.54) is 0 Å². The standard InChI is InChI=1S/C20H16Cl2N4O2S/c1-27-16-6-4-13(10-17(16)28-2)20-24-23-18-7-8-19(25-26(18)20)29-11-12-3-5-14(21)15(22)9-12/h3-10H,11H2,1-2H3. The van der Waals surface area contributed by atoms with Crippen molar-refractivity contribution in [3.8, 4) is 22.9 Å². The van der Waals surface area contributed by atoms with Crippen LogP contribution in [0.1, 0.15) is 5.56 Å². The molecule has 4 aromatic rings. The van der Waals surface area contributed by atoms with Crippen molar-refractivity contribution in [3.05, 3.63) is 64.1 Å². The van der Waals surface area contributed by atoms with E-state index in [9.17, 15) is 0 Å². The number of ether oxygens (including phenoxy) is 2. The Kier molecular flexibility index (Phi) is 5.80. The highest BCUT2D eigenvalue weighted by Crippen LogP contribution is 2.32. The van der Waals surface area contributed by atoms with Crippen LogP contribution in [0.3, 0.4) is 0 Å². The van der Waals surface area contributed by atoms with E-state index in [2.05, 4.69) is 15.3 Å². The Morgan fingerprint density at radius 3 is 2.48 bits per heavy atom. The Hall–Kier alpha value is -2.48. The summed E-state index contributed by atoms with van der Waals surface area (Å²) in [6.07, 6.45) is 0. The van der Waals surface area contributed by atoms with Crippen LogP contribution >= 0.6 is 35.0 Å². The molecule has 0 spiro atoms. The summed E-state index contributed by atoms with van der Waals surface area (Å²) in [5.74, 6) is 2.60. The lowest BCUT2D eigenvalue weighted by molar-refractivity contribution is 0.355. The lowest BCUT2D eigenvalue weighted by atomic mass is 10.2. The van der Waals surface area contributed by atoms with Gasteiger partial charge in [0.15, 0.2) is 23.0 Å². The average Bonchev–Trinajstić information content (AvgIpc) is 3.17. The monoisotopic (exact) mass is 446 g/mol. The number of hydrogen-bond acceptors (Lipinski definition) is 6. The van der Waals surface area contributed by atoms with Gasteiger partial charge in [0.25, 0.3) is 0 Å². The van der Waals surface area contributed by atoms with Crippen molar-refractivity contribution in [1.82, 2.24) is 19.8 Å². The van der Waals surface area contributed by atoms with Crippen molar-refractivity contribution in [2.45, 2.75) is 10.8 Å². The second-order valence-corrected chi connectivity index (χ2v) is 7.88. The molecule has 0 aliphatic rings. The molecular formula is C20H16Cl2N4O2S. The van der Waals surface area contributed by atoms with Gasteiger partial charge in [0, 0.05) is 11.3 Å². The number of aromatic nitrogens is 4. The molecule has 6 nitrogen and oxygen atoms in total. The lowest BCUT2D eigenvalue weighted by Gasteiger charge is -2.09. The summed E-state index contributed by atoms with van der Waals surface area (Å²) < 4.78 is 12.4. The molecule has 0 saturated heterocycles. The Bertz CT molecular complexity index is 1180. The van der Waals surface area contributed by atoms with Crippen molar-refractivity contribution in [2.24, 2.45) is 0 Å². The van der Waals surface area contributed by atoms with Gasteiger partial charge in [0.2, 0.25) is 0 Å². The molecule has 0 unspecified atom stereocenters. The molecule has 2 heterocycles. The van der Waals surface area contributed by atoms with E-state index in [0.717, 1.165) is 16.2 Å². The third-order valence-electron chi connectivity index (χ3n) is 4.25. The first kappa shape index (κ1) is 19.8. The third kappa shape index (κ3) is 4.12. The van der Waals surface area contributed by atoms with Crippen LogP contribution in [0.2, 0.25) is 10.0 Å². The molecule has 0 fully saturated rings.